The Balaban J connectivity index is 1.66. The normalized spacial score (nSPS) is 17.0. The van der Waals surface area contributed by atoms with Gasteiger partial charge in [-0.1, -0.05) is 17.7 Å². The van der Waals surface area contributed by atoms with Crippen LogP contribution in [0.3, 0.4) is 0 Å². The van der Waals surface area contributed by atoms with Crippen LogP contribution >= 0.6 is 0 Å². The molecule has 0 spiro atoms. The van der Waals surface area contributed by atoms with Crippen LogP contribution in [0.25, 0.3) is 0 Å². The lowest BCUT2D eigenvalue weighted by Gasteiger charge is -2.32. The van der Waals surface area contributed by atoms with Crippen LogP contribution in [0.2, 0.25) is 0 Å². The fourth-order valence-electron chi connectivity index (χ4n) is 3.34. The van der Waals surface area contributed by atoms with Gasteiger partial charge in [0.1, 0.15) is 5.82 Å². The fraction of sp³-hybridized carbons (Fsp3) is 0.333. The minimum Gasteiger partial charge on any atom is -0.338 e. The Bertz CT molecular complexity index is 817. The number of likely N-dealkylation sites (tertiary alicyclic amines) is 1. The van der Waals surface area contributed by atoms with E-state index in [0.29, 0.717) is 18.7 Å². The standard InChI is InChI=1S/C21H23FN2O2/c1-14-5-10-19(15(2)12-14)23-20(25)17-4-3-11-24(13-17)21(26)16-6-8-18(22)9-7-16/h5-10,12,17H,3-4,11,13H2,1-2H3,(H,23,25)/t17-/m1/s1. The van der Waals surface area contributed by atoms with Crippen molar-refractivity contribution in [2.75, 3.05) is 18.4 Å². The van der Waals surface area contributed by atoms with Crippen molar-refractivity contribution in [1.29, 1.82) is 0 Å². The summed E-state index contributed by atoms with van der Waals surface area (Å²) in [7, 11) is 0. The minimum absolute atomic E-state index is 0.0615. The number of hydrogen-bond donors (Lipinski definition) is 1. The summed E-state index contributed by atoms with van der Waals surface area (Å²) in [5.74, 6) is -0.831. The number of carbonyl (C=O) groups excluding carboxylic acids is 2. The lowest BCUT2D eigenvalue weighted by atomic mass is 9.96. The maximum absolute atomic E-state index is 13.0. The van der Waals surface area contributed by atoms with Crippen LogP contribution in [0, 0.1) is 25.6 Å². The van der Waals surface area contributed by atoms with E-state index in [0.717, 1.165) is 29.7 Å². The minimum atomic E-state index is -0.370. The van der Waals surface area contributed by atoms with Gasteiger partial charge in [0.2, 0.25) is 5.91 Å². The Morgan fingerprint density at radius 3 is 2.54 bits per heavy atom. The quantitative estimate of drug-likeness (QED) is 0.908. The van der Waals surface area contributed by atoms with E-state index in [9.17, 15) is 14.0 Å². The van der Waals surface area contributed by atoms with Gasteiger partial charge in [0.05, 0.1) is 5.92 Å². The molecule has 1 N–H and O–H groups in total. The van der Waals surface area contributed by atoms with Gasteiger partial charge in [-0.05, 0) is 62.6 Å². The molecule has 1 saturated heterocycles. The number of nitrogens with one attached hydrogen (secondary N) is 1. The van der Waals surface area contributed by atoms with Crippen molar-refractivity contribution in [3.05, 3.63) is 65.0 Å². The molecule has 2 aromatic carbocycles. The molecular formula is C21H23FN2O2. The topological polar surface area (TPSA) is 49.4 Å². The molecule has 26 heavy (non-hydrogen) atoms. The van der Waals surface area contributed by atoms with Gasteiger partial charge in [-0.2, -0.15) is 0 Å². The number of anilines is 1. The molecule has 2 amide bonds. The highest BCUT2D eigenvalue weighted by atomic mass is 19.1. The predicted octanol–water partition coefficient (Wildman–Crippen LogP) is 3.93. The summed E-state index contributed by atoms with van der Waals surface area (Å²) >= 11 is 0. The average Bonchev–Trinajstić information content (AvgIpc) is 2.64. The van der Waals surface area contributed by atoms with Crippen molar-refractivity contribution in [3.8, 4) is 0 Å². The van der Waals surface area contributed by atoms with Crippen LogP contribution < -0.4 is 5.32 Å². The SMILES string of the molecule is Cc1ccc(NC(=O)[C@@H]2CCCN(C(=O)c3ccc(F)cc3)C2)c(C)c1. The van der Waals surface area contributed by atoms with Gasteiger partial charge in [-0.3, -0.25) is 9.59 Å². The number of amides is 2. The highest BCUT2D eigenvalue weighted by Gasteiger charge is 2.29. The number of benzene rings is 2. The van der Waals surface area contributed by atoms with E-state index in [1.54, 1.807) is 4.90 Å². The van der Waals surface area contributed by atoms with Crippen LogP contribution in [0.15, 0.2) is 42.5 Å². The third-order valence-corrected chi connectivity index (χ3v) is 4.81. The second-order valence-corrected chi connectivity index (χ2v) is 6.90. The summed E-state index contributed by atoms with van der Waals surface area (Å²) in [4.78, 5) is 26.9. The lowest BCUT2D eigenvalue weighted by Crippen LogP contribution is -2.43. The number of hydrogen-bond acceptors (Lipinski definition) is 2. The van der Waals surface area contributed by atoms with Gasteiger partial charge in [0, 0.05) is 24.3 Å². The maximum atomic E-state index is 13.0. The summed E-state index contributed by atoms with van der Waals surface area (Å²) in [5, 5.41) is 2.99. The molecule has 3 rings (SSSR count). The van der Waals surface area contributed by atoms with E-state index < -0.39 is 0 Å². The van der Waals surface area contributed by atoms with Gasteiger partial charge in [-0.15, -0.1) is 0 Å². The molecule has 0 aliphatic carbocycles. The van der Waals surface area contributed by atoms with Crippen molar-refractivity contribution < 1.29 is 14.0 Å². The smallest absolute Gasteiger partial charge is 0.253 e. The number of aryl methyl sites for hydroxylation is 2. The van der Waals surface area contributed by atoms with Gasteiger partial charge in [0.25, 0.3) is 5.91 Å². The number of carbonyl (C=O) groups is 2. The lowest BCUT2D eigenvalue weighted by molar-refractivity contribution is -0.121. The van der Waals surface area contributed by atoms with E-state index in [2.05, 4.69) is 5.32 Å². The monoisotopic (exact) mass is 354 g/mol. The van der Waals surface area contributed by atoms with Crippen LogP contribution in [-0.4, -0.2) is 29.8 Å². The Hall–Kier alpha value is -2.69. The Labute approximate surface area is 153 Å². The molecule has 4 nitrogen and oxygen atoms in total. The predicted molar refractivity (Wildman–Crippen MR) is 99.6 cm³/mol. The molecule has 1 aliphatic rings. The Morgan fingerprint density at radius 2 is 1.85 bits per heavy atom. The molecule has 0 radical (unpaired) electrons. The van der Waals surface area contributed by atoms with Crippen molar-refractivity contribution in [2.24, 2.45) is 5.92 Å². The number of nitrogens with zero attached hydrogens (tertiary/aromatic N) is 1. The molecule has 5 heteroatoms. The van der Waals surface area contributed by atoms with Crippen molar-refractivity contribution >= 4 is 17.5 Å². The van der Waals surface area contributed by atoms with Gasteiger partial charge < -0.3 is 10.2 Å². The Kier molecular flexibility index (Phi) is 5.35. The van der Waals surface area contributed by atoms with Crippen molar-refractivity contribution in [3.63, 3.8) is 0 Å². The summed E-state index contributed by atoms with van der Waals surface area (Å²) in [6.45, 7) is 4.98. The first-order valence-corrected chi connectivity index (χ1v) is 8.87. The first-order valence-electron chi connectivity index (χ1n) is 8.87. The second kappa shape index (κ2) is 7.68. The summed E-state index contributed by atoms with van der Waals surface area (Å²) in [6, 6.07) is 11.4. The van der Waals surface area contributed by atoms with Crippen LogP contribution in [0.1, 0.15) is 34.3 Å². The molecular weight excluding hydrogens is 331 g/mol. The van der Waals surface area contributed by atoms with E-state index in [4.69, 9.17) is 0 Å². The highest BCUT2D eigenvalue weighted by molar-refractivity contribution is 5.96. The molecule has 1 atom stereocenters. The zero-order valence-electron chi connectivity index (χ0n) is 15.1. The maximum Gasteiger partial charge on any atom is 0.253 e. The van der Waals surface area contributed by atoms with Crippen LogP contribution in [0.5, 0.6) is 0 Å². The average molecular weight is 354 g/mol. The molecule has 0 aromatic heterocycles. The first kappa shape index (κ1) is 18.1. The zero-order chi connectivity index (χ0) is 18.7. The molecule has 1 heterocycles. The molecule has 1 fully saturated rings. The van der Waals surface area contributed by atoms with Gasteiger partial charge in [-0.25, -0.2) is 4.39 Å². The largest absolute Gasteiger partial charge is 0.338 e. The fourth-order valence-corrected chi connectivity index (χ4v) is 3.34. The van der Waals surface area contributed by atoms with E-state index in [1.165, 1.54) is 24.3 Å². The molecule has 0 unspecified atom stereocenters. The molecule has 0 saturated carbocycles. The number of piperidine rings is 1. The molecule has 136 valence electrons. The van der Waals surface area contributed by atoms with E-state index >= 15 is 0 Å². The third kappa shape index (κ3) is 4.10. The van der Waals surface area contributed by atoms with E-state index in [-0.39, 0.29) is 23.5 Å². The second-order valence-electron chi connectivity index (χ2n) is 6.90. The summed E-state index contributed by atoms with van der Waals surface area (Å²) in [6.07, 6.45) is 1.53. The Morgan fingerprint density at radius 1 is 1.12 bits per heavy atom. The summed E-state index contributed by atoms with van der Waals surface area (Å²) < 4.78 is 13.0. The van der Waals surface area contributed by atoms with E-state index in [1.807, 2.05) is 32.0 Å². The molecule has 1 aliphatic heterocycles. The van der Waals surface area contributed by atoms with Crippen molar-refractivity contribution in [2.45, 2.75) is 26.7 Å². The van der Waals surface area contributed by atoms with Crippen LogP contribution in [0.4, 0.5) is 10.1 Å². The van der Waals surface area contributed by atoms with Crippen molar-refractivity contribution in [1.82, 2.24) is 4.90 Å². The molecule has 0 bridgehead atoms. The van der Waals surface area contributed by atoms with Crippen LogP contribution in [-0.2, 0) is 4.79 Å². The number of halogens is 1. The van der Waals surface area contributed by atoms with Gasteiger partial charge >= 0.3 is 0 Å². The third-order valence-electron chi connectivity index (χ3n) is 4.81. The zero-order valence-corrected chi connectivity index (χ0v) is 15.1. The highest BCUT2D eigenvalue weighted by Crippen LogP contribution is 2.22. The number of rotatable bonds is 3. The van der Waals surface area contributed by atoms with Gasteiger partial charge in [0.15, 0.2) is 0 Å². The molecule has 2 aromatic rings. The summed E-state index contributed by atoms with van der Waals surface area (Å²) in [5.41, 5.74) is 3.42. The first-order chi connectivity index (χ1) is 12.4.